The minimum Gasteiger partial charge on any atom is -0.372 e. The van der Waals surface area contributed by atoms with Gasteiger partial charge in [-0.1, -0.05) is 13.8 Å². The van der Waals surface area contributed by atoms with E-state index >= 15 is 0 Å². The zero-order valence-corrected chi connectivity index (χ0v) is 11.3. The second-order valence-corrected chi connectivity index (χ2v) is 4.42. The first-order chi connectivity index (χ1) is 8.85. The van der Waals surface area contributed by atoms with E-state index in [4.69, 9.17) is 5.26 Å². The molecule has 0 fully saturated rings. The number of benzene rings is 1. The molecule has 0 saturated heterocycles. The molecule has 104 valence electrons. The van der Waals surface area contributed by atoms with Crippen molar-refractivity contribution in [2.45, 2.75) is 38.9 Å². The summed E-state index contributed by atoms with van der Waals surface area (Å²) in [5, 5.41) is 8.75. The number of alkyl halides is 3. The number of nitrogens with zero attached hydrogens (tertiary/aromatic N) is 2. The lowest BCUT2D eigenvalue weighted by atomic mass is 10.0. The van der Waals surface area contributed by atoms with Gasteiger partial charge < -0.3 is 4.90 Å². The Morgan fingerprint density at radius 1 is 1.26 bits per heavy atom. The fourth-order valence-corrected chi connectivity index (χ4v) is 2.13. The molecule has 0 heterocycles. The first-order valence-corrected chi connectivity index (χ1v) is 6.19. The van der Waals surface area contributed by atoms with Crippen LogP contribution in [0.15, 0.2) is 18.2 Å². The number of nitriles is 1. The van der Waals surface area contributed by atoms with Crippen LogP contribution in [-0.2, 0) is 6.18 Å². The molecule has 1 rings (SSSR count). The Hall–Kier alpha value is -1.70. The zero-order chi connectivity index (χ0) is 14.6. The summed E-state index contributed by atoms with van der Waals surface area (Å²) in [5.41, 5.74) is -0.723. The van der Waals surface area contributed by atoms with Crippen LogP contribution in [0, 0.1) is 11.3 Å². The van der Waals surface area contributed by atoms with Crippen LogP contribution >= 0.6 is 0 Å². The van der Waals surface area contributed by atoms with Gasteiger partial charge in [0, 0.05) is 18.8 Å². The van der Waals surface area contributed by atoms with E-state index in [1.807, 2.05) is 18.7 Å². The first-order valence-electron chi connectivity index (χ1n) is 6.19. The standard InChI is InChI=1S/C14H17F3N2/c1-4-11(5-2)19(3)12-7-6-10(9-18)13(8-12)14(15,16)17/h6-8,11H,4-5H2,1-3H3. The highest BCUT2D eigenvalue weighted by Gasteiger charge is 2.34. The molecule has 0 N–H and O–H groups in total. The second kappa shape index (κ2) is 5.96. The Balaban J connectivity index is 3.23. The maximum Gasteiger partial charge on any atom is 0.417 e. The number of hydrogen-bond acceptors (Lipinski definition) is 2. The Labute approximate surface area is 111 Å². The van der Waals surface area contributed by atoms with Crippen LogP contribution in [0.5, 0.6) is 0 Å². The lowest BCUT2D eigenvalue weighted by Gasteiger charge is -2.29. The van der Waals surface area contributed by atoms with Gasteiger partial charge >= 0.3 is 6.18 Å². The largest absolute Gasteiger partial charge is 0.417 e. The van der Waals surface area contributed by atoms with Crippen molar-refractivity contribution in [2.75, 3.05) is 11.9 Å². The molecule has 1 aromatic rings. The Bertz CT molecular complexity index is 471. The highest BCUT2D eigenvalue weighted by Crippen LogP contribution is 2.34. The fraction of sp³-hybridized carbons (Fsp3) is 0.500. The van der Waals surface area contributed by atoms with Crippen LogP contribution in [0.25, 0.3) is 0 Å². The monoisotopic (exact) mass is 270 g/mol. The molecule has 0 atom stereocenters. The topological polar surface area (TPSA) is 27.0 Å². The van der Waals surface area contributed by atoms with Gasteiger partial charge in [0.25, 0.3) is 0 Å². The predicted octanol–water partition coefficient (Wildman–Crippen LogP) is 4.20. The third-order valence-electron chi connectivity index (χ3n) is 3.33. The molecule has 5 heteroatoms. The van der Waals surface area contributed by atoms with E-state index < -0.39 is 11.7 Å². The summed E-state index contributed by atoms with van der Waals surface area (Å²) in [4.78, 5) is 1.83. The first kappa shape index (κ1) is 15.4. The van der Waals surface area contributed by atoms with Crippen LogP contribution in [-0.4, -0.2) is 13.1 Å². The number of halogens is 3. The summed E-state index contributed by atoms with van der Waals surface area (Å²) in [5.74, 6) is 0. The van der Waals surface area contributed by atoms with E-state index in [-0.39, 0.29) is 11.6 Å². The van der Waals surface area contributed by atoms with E-state index in [0.29, 0.717) is 5.69 Å². The molecular weight excluding hydrogens is 253 g/mol. The molecule has 0 amide bonds. The van der Waals surface area contributed by atoms with Crippen molar-refractivity contribution in [3.8, 4) is 6.07 Å². The highest BCUT2D eigenvalue weighted by molar-refractivity contribution is 5.55. The van der Waals surface area contributed by atoms with Gasteiger partial charge in [0.15, 0.2) is 0 Å². The van der Waals surface area contributed by atoms with Gasteiger partial charge in [-0.2, -0.15) is 18.4 Å². The van der Waals surface area contributed by atoms with Gasteiger partial charge in [-0.15, -0.1) is 0 Å². The van der Waals surface area contributed by atoms with Crippen molar-refractivity contribution < 1.29 is 13.2 Å². The Morgan fingerprint density at radius 2 is 1.84 bits per heavy atom. The summed E-state index contributed by atoms with van der Waals surface area (Å²) in [6.07, 6.45) is -2.79. The Morgan fingerprint density at radius 3 is 2.26 bits per heavy atom. The van der Waals surface area contributed by atoms with Gasteiger partial charge in [-0.25, -0.2) is 0 Å². The van der Waals surface area contributed by atoms with Crippen LogP contribution in [0.2, 0.25) is 0 Å². The molecule has 0 saturated carbocycles. The molecular formula is C14H17F3N2. The van der Waals surface area contributed by atoms with Crippen LogP contribution in [0.3, 0.4) is 0 Å². The van der Waals surface area contributed by atoms with E-state index in [2.05, 4.69) is 0 Å². The molecule has 0 unspecified atom stereocenters. The van der Waals surface area contributed by atoms with Crippen molar-refractivity contribution in [1.29, 1.82) is 5.26 Å². The van der Waals surface area contributed by atoms with Crippen molar-refractivity contribution in [2.24, 2.45) is 0 Å². The quantitative estimate of drug-likeness (QED) is 0.819. The summed E-state index contributed by atoms with van der Waals surface area (Å²) in [6, 6.07) is 5.62. The predicted molar refractivity (Wildman–Crippen MR) is 68.9 cm³/mol. The third kappa shape index (κ3) is 3.40. The molecule has 0 spiro atoms. The van der Waals surface area contributed by atoms with E-state index in [1.165, 1.54) is 6.07 Å². The van der Waals surface area contributed by atoms with E-state index in [9.17, 15) is 13.2 Å². The van der Waals surface area contributed by atoms with Crippen LogP contribution < -0.4 is 4.90 Å². The molecule has 0 bridgehead atoms. The van der Waals surface area contributed by atoms with Gasteiger partial charge in [-0.3, -0.25) is 0 Å². The fourth-order valence-electron chi connectivity index (χ4n) is 2.13. The van der Waals surface area contributed by atoms with Gasteiger partial charge in [-0.05, 0) is 31.0 Å². The maximum absolute atomic E-state index is 12.9. The van der Waals surface area contributed by atoms with Crippen molar-refractivity contribution in [1.82, 2.24) is 0 Å². The summed E-state index contributed by atoms with van der Waals surface area (Å²) in [7, 11) is 1.78. The van der Waals surface area contributed by atoms with Gasteiger partial charge in [0.1, 0.15) is 0 Å². The molecule has 1 aromatic carbocycles. The minimum absolute atomic E-state index is 0.189. The smallest absolute Gasteiger partial charge is 0.372 e. The average Bonchev–Trinajstić information content (AvgIpc) is 2.38. The summed E-state index contributed by atoms with van der Waals surface area (Å²) >= 11 is 0. The van der Waals surface area contributed by atoms with Crippen molar-refractivity contribution >= 4 is 5.69 Å². The summed E-state index contributed by atoms with van der Waals surface area (Å²) in [6.45, 7) is 4.00. The minimum atomic E-state index is -4.50. The molecule has 0 aliphatic carbocycles. The van der Waals surface area contributed by atoms with Crippen molar-refractivity contribution in [3.05, 3.63) is 29.3 Å². The van der Waals surface area contributed by atoms with Gasteiger partial charge in [0.2, 0.25) is 0 Å². The van der Waals surface area contributed by atoms with Crippen LogP contribution in [0.1, 0.15) is 37.8 Å². The van der Waals surface area contributed by atoms with E-state index in [0.717, 1.165) is 18.9 Å². The molecule has 0 aliphatic heterocycles. The third-order valence-corrected chi connectivity index (χ3v) is 3.33. The highest BCUT2D eigenvalue weighted by atomic mass is 19.4. The molecule has 19 heavy (non-hydrogen) atoms. The zero-order valence-electron chi connectivity index (χ0n) is 11.3. The number of hydrogen-bond donors (Lipinski definition) is 0. The average molecular weight is 270 g/mol. The molecule has 2 nitrogen and oxygen atoms in total. The lowest BCUT2D eigenvalue weighted by molar-refractivity contribution is -0.137. The summed E-state index contributed by atoms with van der Waals surface area (Å²) < 4.78 is 38.6. The number of rotatable bonds is 4. The number of anilines is 1. The van der Waals surface area contributed by atoms with Crippen molar-refractivity contribution in [3.63, 3.8) is 0 Å². The normalized spacial score (nSPS) is 11.5. The maximum atomic E-state index is 12.9. The second-order valence-electron chi connectivity index (χ2n) is 4.42. The Kier molecular flexibility index (Phi) is 4.82. The lowest BCUT2D eigenvalue weighted by Crippen LogP contribution is -2.30. The van der Waals surface area contributed by atoms with Gasteiger partial charge in [0.05, 0.1) is 17.2 Å². The SMILES string of the molecule is CCC(CC)N(C)c1ccc(C#N)c(C(F)(F)F)c1. The van der Waals surface area contributed by atoms with E-state index in [1.54, 1.807) is 19.2 Å². The molecule has 0 aromatic heterocycles. The molecule has 0 radical (unpaired) electrons. The van der Waals surface area contributed by atoms with Crippen LogP contribution in [0.4, 0.5) is 18.9 Å². The molecule has 0 aliphatic rings.